The number of nitrogens with one attached hydrogen (secondary N) is 1. The van der Waals surface area contributed by atoms with Gasteiger partial charge in [-0.25, -0.2) is 0 Å². The van der Waals surface area contributed by atoms with Gasteiger partial charge in [0.05, 0.1) is 12.7 Å². The van der Waals surface area contributed by atoms with Gasteiger partial charge in [-0.05, 0) is 49.9 Å². The summed E-state index contributed by atoms with van der Waals surface area (Å²) in [5.74, 6) is 0.831. The Morgan fingerprint density at radius 2 is 2.18 bits per heavy atom. The number of aliphatic hydroxyl groups is 1. The van der Waals surface area contributed by atoms with E-state index in [1.807, 2.05) is 32.0 Å². The number of rotatable bonds is 5. The van der Waals surface area contributed by atoms with E-state index in [0.717, 1.165) is 16.9 Å². The molecule has 0 bridgehead atoms. The molecule has 1 fully saturated rings. The zero-order valence-electron chi connectivity index (χ0n) is 10.8. The summed E-state index contributed by atoms with van der Waals surface area (Å²) in [5, 5.41) is 13.9. The van der Waals surface area contributed by atoms with E-state index in [1.54, 1.807) is 7.11 Å². The molecule has 0 aromatic heterocycles. The second-order valence-electron chi connectivity index (χ2n) is 5.11. The van der Waals surface area contributed by atoms with Crippen LogP contribution in [0.3, 0.4) is 0 Å². The summed E-state index contributed by atoms with van der Waals surface area (Å²) in [5.41, 5.74) is 1.21. The predicted molar refractivity (Wildman–Crippen MR) is 68.3 cm³/mol. The fourth-order valence-corrected chi connectivity index (χ4v) is 2.09. The molecule has 1 atom stereocenters. The van der Waals surface area contributed by atoms with Crippen molar-refractivity contribution in [1.82, 2.24) is 5.32 Å². The van der Waals surface area contributed by atoms with Crippen molar-refractivity contribution in [1.29, 1.82) is 0 Å². The van der Waals surface area contributed by atoms with Crippen molar-refractivity contribution >= 4 is 0 Å². The fraction of sp³-hybridized carbons (Fsp3) is 0.571. The lowest BCUT2D eigenvalue weighted by Gasteiger charge is -2.26. The van der Waals surface area contributed by atoms with Crippen LogP contribution in [0.4, 0.5) is 0 Å². The van der Waals surface area contributed by atoms with Crippen molar-refractivity contribution in [3.63, 3.8) is 0 Å². The molecule has 1 saturated carbocycles. The summed E-state index contributed by atoms with van der Waals surface area (Å²) in [6, 6.07) is 6.41. The monoisotopic (exact) mass is 235 g/mol. The van der Waals surface area contributed by atoms with Crippen molar-refractivity contribution in [3.8, 4) is 5.75 Å². The van der Waals surface area contributed by atoms with Crippen LogP contribution in [-0.2, 0) is 5.60 Å². The number of benzene rings is 1. The van der Waals surface area contributed by atoms with Gasteiger partial charge in [-0.2, -0.15) is 0 Å². The minimum Gasteiger partial charge on any atom is -0.497 e. The summed E-state index contributed by atoms with van der Waals surface area (Å²) in [7, 11) is 1.65. The van der Waals surface area contributed by atoms with Crippen LogP contribution in [0.5, 0.6) is 5.75 Å². The van der Waals surface area contributed by atoms with Crippen LogP contribution in [0.25, 0.3) is 0 Å². The lowest BCUT2D eigenvalue weighted by atomic mass is 9.91. The zero-order valence-corrected chi connectivity index (χ0v) is 10.8. The fourth-order valence-electron chi connectivity index (χ4n) is 2.09. The molecule has 1 aromatic carbocycles. The third-order valence-electron chi connectivity index (χ3n) is 3.33. The molecule has 3 heteroatoms. The van der Waals surface area contributed by atoms with Crippen molar-refractivity contribution in [2.24, 2.45) is 0 Å². The highest BCUT2D eigenvalue weighted by Crippen LogP contribution is 2.28. The van der Waals surface area contributed by atoms with E-state index in [0.29, 0.717) is 12.6 Å². The van der Waals surface area contributed by atoms with Gasteiger partial charge in [0.25, 0.3) is 0 Å². The number of ether oxygens (including phenoxy) is 1. The Bertz CT molecular complexity index is 397. The average Bonchev–Trinajstić information content (AvgIpc) is 3.09. The van der Waals surface area contributed by atoms with Crippen LogP contribution in [0.1, 0.15) is 30.9 Å². The van der Waals surface area contributed by atoms with Gasteiger partial charge < -0.3 is 15.2 Å². The first-order chi connectivity index (χ1) is 8.03. The minimum absolute atomic E-state index is 0.602. The zero-order chi connectivity index (χ0) is 12.5. The largest absolute Gasteiger partial charge is 0.497 e. The predicted octanol–water partition coefficient (Wildman–Crippen LogP) is 1.96. The summed E-state index contributed by atoms with van der Waals surface area (Å²) in [4.78, 5) is 0. The summed E-state index contributed by atoms with van der Waals surface area (Å²) < 4.78 is 5.17. The highest BCUT2D eigenvalue weighted by Gasteiger charge is 2.29. The molecular weight excluding hydrogens is 214 g/mol. The Morgan fingerprint density at radius 3 is 2.71 bits per heavy atom. The number of hydrogen-bond acceptors (Lipinski definition) is 3. The van der Waals surface area contributed by atoms with Crippen LogP contribution in [0.15, 0.2) is 18.2 Å². The van der Waals surface area contributed by atoms with E-state index in [1.165, 1.54) is 12.8 Å². The molecule has 17 heavy (non-hydrogen) atoms. The molecule has 1 aliphatic carbocycles. The molecule has 1 unspecified atom stereocenters. The lowest BCUT2D eigenvalue weighted by molar-refractivity contribution is 0.0559. The molecule has 94 valence electrons. The van der Waals surface area contributed by atoms with Gasteiger partial charge in [0.15, 0.2) is 0 Å². The Morgan fingerprint density at radius 1 is 1.47 bits per heavy atom. The van der Waals surface area contributed by atoms with Crippen LogP contribution >= 0.6 is 0 Å². The summed E-state index contributed by atoms with van der Waals surface area (Å²) in [6.45, 7) is 4.46. The maximum Gasteiger partial charge on any atom is 0.119 e. The Labute approximate surface area is 103 Å². The smallest absolute Gasteiger partial charge is 0.119 e. The second-order valence-corrected chi connectivity index (χ2v) is 5.11. The number of hydrogen-bond donors (Lipinski definition) is 2. The van der Waals surface area contributed by atoms with Gasteiger partial charge in [-0.3, -0.25) is 0 Å². The van der Waals surface area contributed by atoms with E-state index < -0.39 is 5.60 Å². The standard InChI is InChI=1S/C14H21NO2/c1-10-8-12(17-3)6-7-13(10)14(2,16)9-15-11-4-5-11/h6-8,11,15-16H,4-5,9H2,1-3H3. The minimum atomic E-state index is -0.820. The number of aryl methyl sites for hydroxylation is 1. The molecule has 0 aliphatic heterocycles. The van der Waals surface area contributed by atoms with E-state index >= 15 is 0 Å². The first-order valence-electron chi connectivity index (χ1n) is 6.14. The van der Waals surface area contributed by atoms with Crippen LogP contribution in [0, 0.1) is 6.92 Å². The molecule has 2 rings (SSSR count). The number of methoxy groups -OCH3 is 1. The van der Waals surface area contributed by atoms with Crippen molar-refractivity contribution < 1.29 is 9.84 Å². The topological polar surface area (TPSA) is 41.5 Å². The van der Waals surface area contributed by atoms with E-state index in [4.69, 9.17) is 4.74 Å². The Kier molecular flexibility index (Phi) is 3.40. The molecule has 3 nitrogen and oxygen atoms in total. The van der Waals surface area contributed by atoms with Crippen LogP contribution < -0.4 is 10.1 Å². The van der Waals surface area contributed by atoms with Crippen molar-refractivity contribution in [2.75, 3.05) is 13.7 Å². The Hall–Kier alpha value is -1.06. The average molecular weight is 235 g/mol. The van der Waals surface area contributed by atoms with Crippen molar-refractivity contribution in [2.45, 2.75) is 38.3 Å². The summed E-state index contributed by atoms with van der Waals surface area (Å²) in [6.07, 6.45) is 2.47. The first kappa shape index (κ1) is 12.4. The highest BCUT2D eigenvalue weighted by molar-refractivity contribution is 5.38. The van der Waals surface area contributed by atoms with E-state index in [-0.39, 0.29) is 0 Å². The van der Waals surface area contributed by atoms with Gasteiger partial charge in [-0.15, -0.1) is 0 Å². The van der Waals surface area contributed by atoms with Crippen LogP contribution in [0.2, 0.25) is 0 Å². The molecular formula is C14H21NO2. The van der Waals surface area contributed by atoms with Gasteiger partial charge in [0.2, 0.25) is 0 Å². The molecule has 0 spiro atoms. The van der Waals surface area contributed by atoms with Crippen molar-refractivity contribution in [3.05, 3.63) is 29.3 Å². The summed E-state index contributed by atoms with van der Waals surface area (Å²) >= 11 is 0. The van der Waals surface area contributed by atoms with Gasteiger partial charge in [-0.1, -0.05) is 6.07 Å². The maximum atomic E-state index is 10.5. The first-order valence-corrected chi connectivity index (χ1v) is 6.14. The van der Waals surface area contributed by atoms with E-state index in [9.17, 15) is 5.11 Å². The van der Waals surface area contributed by atoms with Gasteiger partial charge >= 0.3 is 0 Å². The van der Waals surface area contributed by atoms with E-state index in [2.05, 4.69) is 5.32 Å². The van der Waals surface area contributed by atoms with Gasteiger partial charge in [0, 0.05) is 12.6 Å². The second kappa shape index (κ2) is 4.67. The SMILES string of the molecule is COc1ccc(C(C)(O)CNC2CC2)c(C)c1. The van der Waals surface area contributed by atoms with Crippen LogP contribution in [-0.4, -0.2) is 24.8 Å². The molecule has 0 radical (unpaired) electrons. The molecule has 1 aromatic rings. The molecule has 0 heterocycles. The molecule has 0 saturated heterocycles. The quantitative estimate of drug-likeness (QED) is 0.820. The normalized spacial score (nSPS) is 18.8. The maximum absolute atomic E-state index is 10.5. The van der Waals surface area contributed by atoms with Gasteiger partial charge in [0.1, 0.15) is 5.75 Å². The Balaban J connectivity index is 2.12. The lowest BCUT2D eigenvalue weighted by Crippen LogP contribution is -2.37. The third-order valence-corrected chi connectivity index (χ3v) is 3.33. The molecule has 0 amide bonds. The third kappa shape index (κ3) is 2.99. The highest BCUT2D eigenvalue weighted by atomic mass is 16.5. The molecule has 2 N–H and O–H groups in total. The molecule has 1 aliphatic rings.